The van der Waals surface area contributed by atoms with Crippen LogP contribution in [-0.4, -0.2) is 43.2 Å². The molecule has 6 heterocycles. The highest BCUT2D eigenvalue weighted by Gasteiger charge is 2.29. The average Bonchev–Trinajstić information content (AvgIpc) is 1.59. The normalized spacial score (nSPS) is 11.5. The summed E-state index contributed by atoms with van der Waals surface area (Å²) in [6, 6.07) is 23.2. The van der Waals surface area contributed by atoms with E-state index in [4.69, 9.17) is 19.7 Å². The number of rotatable bonds is 39. The topological polar surface area (TPSA) is 79.9 Å². The van der Waals surface area contributed by atoms with Crippen molar-refractivity contribution >= 4 is 130 Å². The Morgan fingerprint density at radius 3 is 1.17 bits per heavy atom. The van der Waals surface area contributed by atoms with E-state index in [1.807, 2.05) is 74.5 Å². The molecule has 6 aromatic heterocycles. The van der Waals surface area contributed by atoms with Crippen LogP contribution in [0.1, 0.15) is 232 Å². The molecule has 0 aliphatic heterocycles. The predicted octanol–water partition coefficient (Wildman–Crippen LogP) is 29.2. The molecule has 0 spiro atoms. The molecule has 0 aliphatic carbocycles. The standard InChI is InChI=1S/C43H53F2N3OS2.C22H21Br2F2N3S2.C19H28O/c1-6-9-11-13-15-17-26-48-46-42-38(36-24-20-31(5)50-36)40(44)41(45)39(43(42)47-48)37-25-23-34(51-37)22-21-33-28-30(4)32(19-8-3)29-35(33)49-27-18-16-14-12-10-7-2;1-2-3-4-5-6-7-12-29-27-21-17(13-8-10-15(23)30-13)19(25)20(26)18(22(21)28-29)14-9-11-16(24)31-14;1-5-8-9-10-11-12-13-20-19-15-17(6-2)16(4)14-18(19)7-3/h8,19-25,28-29H,6-7,9-18,26-27H2,1-5H3;8-11H,2-7,12H2,1H3;6-7,14-15H,2-3,5,8-13H2,1,4H3/b19-8+,22-21+;;. The number of hydrogen-bond acceptors (Lipinski definition) is 10. The van der Waals surface area contributed by atoms with Gasteiger partial charge in [0.15, 0.2) is 23.3 Å². The summed E-state index contributed by atoms with van der Waals surface area (Å²) in [5, 5.41) is 18.8. The molecule has 10 rings (SSSR count). The highest BCUT2D eigenvalue weighted by molar-refractivity contribution is 9.11. The number of allylic oxidation sites excluding steroid dienone is 1. The second kappa shape index (κ2) is 42.6. The van der Waals surface area contributed by atoms with Crippen LogP contribution >= 0.6 is 77.2 Å². The molecule has 0 amide bonds. The fourth-order valence-corrected chi connectivity index (χ4v) is 17.0. The van der Waals surface area contributed by atoms with E-state index < -0.39 is 23.3 Å². The Labute approximate surface area is 636 Å². The lowest BCUT2D eigenvalue weighted by Gasteiger charge is -2.13. The van der Waals surface area contributed by atoms with E-state index >= 15 is 17.6 Å². The molecule has 10 aromatic rings. The Bertz CT molecular complexity index is 4280. The number of aryl methyl sites for hydroxylation is 5. The van der Waals surface area contributed by atoms with Crippen LogP contribution in [0.3, 0.4) is 0 Å². The van der Waals surface area contributed by atoms with Gasteiger partial charge < -0.3 is 9.47 Å². The molecule has 0 aliphatic rings. The first kappa shape index (κ1) is 81.4. The van der Waals surface area contributed by atoms with Crippen molar-refractivity contribution in [2.45, 2.75) is 223 Å². The molecule has 0 N–H and O–H groups in total. The number of fused-ring (bicyclic) bond motifs is 2. The largest absolute Gasteiger partial charge is 0.493 e. The molecule has 0 atom stereocenters. The minimum absolute atomic E-state index is 0.174. The minimum Gasteiger partial charge on any atom is -0.493 e. The number of aromatic nitrogens is 6. The molecule has 0 saturated heterocycles. The SMILES string of the molecule is C/C=C/c1cc(OCCCCCCCC)c(/C=C/c2ccc(-c3c(F)c(F)c(-c4ccc(C)s4)c4nn(CCCCCCCC)nc34)s2)cc1C.C=Cc1cc(OCCCCCCCC)c(C=C)cc1C.CCCCCCCCn1nc2c(-c3ccc(Br)s3)c(F)c(F)c(-c3ccc(Br)s3)c2n1. The van der Waals surface area contributed by atoms with Gasteiger partial charge in [0.05, 0.1) is 56.1 Å². The summed E-state index contributed by atoms with van der Waals surface area (Å²) in [5.74, 6) is -1.74. The van der Waals surface area contributed by atoms with Crippen molar-refractivity contribution in [2.24, 2.45) is 0 Å². The van der Waals surface area contributed by atoms with E-state index in [-0.39, 0.29) is 22.3 Å². The molecule has 0 unspecified atom stereocenters. The quantitative estimate of drug-likeness (QED) is 0.0282. The van der Waals surface area contributed by atoms with E-state index in [9.17, 15) is 0 Å². The molecule has 8 nitrogen and oxygen atoms in total. The van der Waals surface area contributed by atoms with Crippen molar-refractivity contribution in [1.82, 2.24) is 30.0 Å². The Hall–Kier alpha value is -6.28. The zero-order valence-electron chi connectivity index (χ0n) is 61.0. The summed E-state index contributed by atoms with van der Waals surface area (Å²) in [7, 11) is 0. The fourth-order valence-electron chi connectivity index (χ4n) is 12.3. The number of ether oxygens (including phenoxy) is 2. The molecular weight excluding hydrogens is 1490 g/mol. The highest BCUT2D eigenvalue weighted by atomic mass is 79.9. The lowest BCUT2D eigenvalue weighted by atomic mass is 10.0. The Morgan fingerprint density at radius 2 is 0.765 bits per heavy atom. The highest BCUT2D eigenvalue weighted by Crippen LogP contribution is 2.46. The molecule has 18 heteroatoms. The van der Waals surface area contributed by atoms with Gasteiger partial charge in [0.1, 0.15) is 33.6 Å². The Kier molecular flexibility index (Phi) is 34.0. The van der Waals surface area contributed by atoms with Crippen molar-refractivity contribution in [2.75, 3.05) is 13.2 Å². The van der Waals surface area contributed by atoms with Crippen LogP contribution in [0.2, 0.25) is 0 Å². The molecule has 4 aromatic carbocycles. The van der Waals surface area contributed by atoms with Crippen LogP contribution in [0.15, 0.2) is 99.6 Å². The maximum atomic E-state index is 16.2. The number of unbranched alkanes of at least 4 members (excludes halogenated alkanes) is 20. The summed E-state index contributed by atoms with van der Waals surface area (Å²) < 4.78 is 76.9. The van der Waals surface area contributed by atoms with Gasteiger partial charge >= 0.3 is 0 Å². The van der Waals surface area contributed by atoms with Gasteiger partial charge in [-0.1, -0.05) is 194 Å². The third-order valence-electron chi connectivity index (χ3n) is 18.0. The van der Waals surface area contributed by atoms with Crippen LogP contribution in [0, 0.1) is 44.0 Å². The van der Waals surface area contributed by atoms with E-state index in [0.29, 0.717) is 61.3 Å². The number of halogens is 6. The van der Waals surface area contributed by atoms with Gasteiger partial charge in [-0.3, -0.25) is 0 Å². The summed E-state index contributed by atoms with van der Waals surface area (Å²) in [6.45, 7) is 27.5. The van der Waals surface area contributed by atoms with Crippen LogP contribution < -0.4 is 9.47 Å². The first-order chi connectivity index (χ1) is 49.6. The van der Waals surface area contributed by atoms with Gasteiger partial charge in [0.2, 0.25) is 0 Å². The number of hydrogen-bond donors (Lipinski definition) is 0. The molecule has 102 heavy (non-hydrogen) atoms. The second-order valence-electron chi connectivity index (χ2n) is 26.1. The second-order valence-corrected chi connectivity index (χ2v) is 33.4. The van der Waals surface area contributed by atoms with E-state index in [1.165, 1.54) is 166 Å². The van der Waals surface area contributed by atoms with Crippen molar-refractivity contribution in [3.8, 4) is 53.3 Å². The predicted molar refractivity (Wildman–Crippen MR) is 439 cm³/mol. The zero-order valence-corrected chi connectivity index (χ0v) is 67.4. The summed E-state index contributed by atoms with van der Waals surface area (Å²) >= 11 is 12.4. The monoisotopic (exact) mass is 1590 g/mol. The summed E-state index contributed by atoms with van der Waals surface area (Å²) in [6.07, 6.45) is 40.7. The van der Waals surface area contributed by atoms with Crippen molar-refractivity contribution < 1.29 is 27.0 Å². The summed E-state index contributed by atoms with van der Waals surface area (Å²) in [5.41, 5.74) is 9.04. The number of thiophene rings is 4. The van der Waals surface area contributed by atoms with Gasteiger partial charge in [-0.2, -0.15) is 30.0 Å². The first-order valence-corrected chi connectivity index (χ1v) is 41.7. The van der Waals surface area contributed by atoms with Gasteiger partial charge in [0, 0.05) is 40.4 Å². The summed E-state index contributed by atoms with van der Waals surface area (Å²) in [4.78, 5) is 7.71. The van der Waals surface area contributed by atoms with Crippen LogP contribution in [0.25, 0.3) is 94.2 Å². The van der Waals surface area contributed by atoms with Crippen LogP contribution in [0.5, 0.6) is 11.5 Å². The van der Waals surface area contributed by atoms with Gasteiger partial charge in [-0.25, -0.2) is 17.6 Å². The lowest BCUT2D eigenvalue weighted by molar-refractivity contribution is 0.303. The van der Waals surface area contributed by atoms with Gasteiger partial charge in [-0.15, -0.1) is 45.3 Å². The third-order valence-corrected chi connectivity index (χ3v) is 23.3. The Morgan fingerprint density at radius 1 is 0.402 bits per heavy atom. The van der Waals surface area contributed by atoms with Crippen molar-refractivity contribution in [3.05, 3.63) is 166 Å². The van der Waals surface area contributed by atoms with Crippen molar-refractivity contribution in [1.29, 1.82) is 0 Å². The molecule has 0 radical (unpaired) electrons. The van der Waals surface area contributed by atoms with Gasteiger partial charge in [-0.05, 0) is 192 Å². The smallest absolute Gasteiger partial charge is 0.170 e. The maximum Gasteiger partial charge on any atom is 0.170 e. The Balaban J connectivity index is 0.000000218. The lowest BCUT2D eigenvalue weighted by Crippen LogP contribution is -2.02. The fraction of sp³-hybridized carbons (Fsp3) is 0.429. The van der Waals surface area contributed by atoms with Crippen LogP contribution in [-0.2, 0) is 13.1 Å². The number of benzene rings is 4. The van der Waals surface area contributed by atoms with E-state index in [2.05, 4.69) is 133 Å². The average molecular weight is 1590 g/mol. The molecule has 546 valence electrons. The molecule has 0 bridgehead atoms. The molecule has 0 saturated carbocycles. The van der Waals surface area contributed by atoms with E-state index in [0.717, 1.165) is 102 Å². The zero-order chi connectivity index (χ0) is 72.9. The maximum absolute atomic E-state index is 16.2. The molecular formula is C84H102Br2F4N6O2S4. The first-order valence-electron chi connectivity index (χ1n) is 36.9. The molecule has 0 fully saturated rings. The van der Waals surface area contributed by atoms with Gasteiger partial charge in [0.25, 0.3) is 0 Å². The number of nitrogens with zero attached hydrogens (tertiary/aromatic N) is 6. The van der Waals surface area contributed by atoms with E-state index in [1.54, 1.807) is 21.7 Å². The third kappa shape index (κ3) is 22.9. The van der Waals surface area contributed by atoms with Crippen LogP contribution in [0.4, 0.5) is 17.6 Å². The van der Waals surface area contributed by atoms with Crippen molar-refractivity contribution in [3.63, 3.8) is 0 Å². The minimum atomic E-state index is -0.881.